The summed E-state index contributed by atoms with van der Waals surface area (Å²) in [4.78, 5) is 28.3. The summed E-state index contributed by atoms with van der Waals surface area (Å²) in [6.45, 7) is 15.7. The van der Waals surface area contributed by atoms with Crippen molar-refractivity contribution in [2.45, 2.75) is 85.7 Å². The monoisotopic (exact) mass is 582 g/mol. The third kappa shape index (κ3) is 7.86. The number of amides is 2. The molecular formula is C32H46N4O6. The highest BCUT2D eigenvalue weighted by Gasteiger charge is 2.35. The van der Waals surface area contributed by atoms with Gasteiger partial charge in [-0.2, -0.15) is 0 Å². The van der Waals surface area contributed by atoms with Crippen molar-refractivity contribution >= 4 is 11.8 Å². The van der Waals surface area contributed by atoms with Crippen LogP contribution in [0.4, 0.5) is 0 Å². The van der Waals surface area contributed by atoms with Crippen molar-refractivity contribution in [1.29, 1.82) is 0 Å². The molecule has 0 radical (unpaired) electrons. The second-order valence-electron chi connectivity index (χ2n) is 11.6. The molecule has 230 valence electrons. The van der Waals surface area contributed by atoms with E-state index in [1.807, 2.05) is 44.2 Å². The summed E-state index contributed by atoms with van der Waals surface area (Å²) in [5.41, 5.74) is 2.25. The van der Waals surface area contributed by atoms with Crippen LogP contribution in [0.25, 0.3) is 0 Å². The second-order valence-corrected chi connectivity index (χ2v) is 11.6. The number of rotatable bonds is 14. The summed E-state index contributed by atoms with van der Waals surface area (Å²) in [6.07, 6.45) is 1.02. The van der Waals surface area contributed by atoms with Crippen LogP contribution in [0.1, 0.15) is 59.6 Å². The number of carbonyl (C=O) groups excluding carboxylic acids is 2. The van der Waals surface area contributed by atoms with Gasteiger partial charge in [0, 0.05) is 24.9 Å². The first-order chi connectivity index (χ1) is 20.0. The van der Waals surface area contributed by atoms with Crippen molar-refractivity contribution in [3.63, 3.8) is 0 Å². The standard InChI is InChI=1S/C32H46N4O6/c1-8-35(17-34-31(38)20(2)3)21(4)13-25-10-12-28-30(16-25)42-32(41-28)23(6)36(18-33-24(7)37)22(5)14-26-9-11-27-29(15-26)40-19-39-27/h9-12,15-16,20-23,32H,8,13-14,17-19H2,1-7H3,(H,33,37)(H,34,38). The number of nitrogens with zero attached hydrogens (tertiary/aromatic N) is 2. The first-order valence-electron chi connectivity index (χ1n) is 14.9. The molecule has 2 aliphatic heterocycles. The fourth-order valence-electron chi connectivity index (χ4n) is 5.36. The third-order valence-electron chi connectivity index (χ3n) is 8.00. The zero-order valence-electron chi connectivity index (χ0n) is 25.9. The molecule has 42 heavy (non-hydrogen) atoms. The lowest BCUT2D eigenvalue weighted by molar-refractivity contribution is -0.124. The van der Waals surface area contributed by atoms with Crippen molar-refractivity contribution in [2.24, 2.45) is 5.92 Å². The molecule has 2 heterocycles. The Labute approximate surface area is 249 Å². The number of hydrogen-bond donors (Lipinski definition) is 2. The first kappa shape index (κ1) is 31.4. The van der Waals surface area contributed by atoms with Gasteiger partial charge in [0.25, 0.3) is 6.29 Å². The Balaban J connectivity index is 1.39. The molecule has 10 nitrogen and oxygen atoms in total. The van der Waals surface area contributed by atoms with E-state index in [2.05, 4.69) is 54.2 Å². The zero-order chi connectivity index (χ0) is 30.4. The van der Waals surface area contributed by atoms with Crippen LogP contribution in [-0.4, -0.2) is 72.7 Å². The van der Waals surface area contributed by atoms with Crippen LogP contribution in [-0.2, 0) is 22.4 Å². The van der Waals surface area contributed by atoms with E-state index in [0.717, 1.165) is 47.8 Å². The van der Waals surface area contributed by atoms with E-state index in [-0.39, 0.29) is 42.7 Å². The van der Waals surface area contributed by atoms with Crippen molar-refractivity contribution < 1.29 is 28.5 Å². The van der Waals surface area contributed by atoms with Gasteiger partial charge in [-0.25, -0.2) is 0 Å². The van der Waals surface area contributed by atoms with Gasteiger partial charge >= 0.3 is 0 Å². The van der Waals surface area contributed by atoms with Gasteiger partial charge in [-0.3, -0.25) is 19.4 Å². The van der Waals surface area contributed by atoms with Gasteiger partial charge in [-0.15, -0.1) is 0 Å². The first-order valence-corrected chi connectivity index (χ1v) is 14.9. The zero-order valence-corrected chi connectivity index (χ0v) is 25.9. The van der Waals surface area contributed by atoms with E-state index in [1.54, 1.807) is 0 Å². The van der Waals surface area contributed by atoms with Crippen LogP contribution in [0.3, 0.4) is 0 Å². The van der Waals surface area contributed by atoms with Crippen LogP contribution in [0.15, 0.2) is 36.4 Å². The number of nitrogens with one attached hydrogen (secondary N) is 2. The normalized spacial score (nSPS) is 17.4. The lowest BCUT2D eigenvalue weighted by Crippen LogP contribution is -2.53. The Morgan fingerprint density at radius 1 is 0.833 bits per heavy atom. The summed E-state index contributed by atoms with van der Waals surface area (Å²) in [6, 6.07) is 12.2. The molecule has 4 rings (SSSR count). The number of fused-ring (bicyclic) bond motifs is 2. The molecule has 2 aromatic rings. The molecule has 0 spiro atoms. The molecule has 4 unspecified atom stereocenters. The largest absolute Gasteiger partial charge is 0.454 e. The van der Waals surface area contributed by atoms with Crippen LogP contribution in [0.5, 0.6) is 23.0 Å². The maximum atomic E-state index is 12.1. The predicted molar refractivity (Wildman–Crippen MR) is 161 cm³/mol. The molecule has 10 heteroatoms. The topological polar surface area (TPSA) is 102 Å². The summed E-state index contributed by atoms with van der Waals surface area (Å²) in [5, 5.41) is 5.97. The lowest BCUT2D eigenvalue weighted by Gasteiger charge is -2.36. The Hall–Kier alpha value is -3.50. The highest BCUT2D eigenvalue weighted by molar-refractivity contribution is 5.77. The summed E-state index contributed by atoms with van der Waals surface area (Å²) >= 11 is 0. The van der Waals surface area contributed by atoms with Gasteiger partial charge in [0.2, 0.25) is 18.6 Å². The van der Waals surface area contributed by atoms with Crippen LogP contribution in [0, 0.1) is 5.92 Å². The minimum Gasteiger partial charge on any atom is -0.454 e. The average molecular weight is 583 g/mol. The third-order valence-corrected chi connectivity index (χ3v) is 8.00. The molecule has 0 aromatic heterocycles. The molecule has 2 amide bonds. The van der Waals surface area contributed by atoms with Crippen molar-refractivity contribution in [3.8, 4) is 23.0 Å². The molecular weight excluding hydrogens is 536 g/mol. The fourth-order valence-corrected chi connectivity index (χ4v) is 5.36. The van der Waals surface area contributed by atoms with E-state index >= 15 is 0 Å². The lowest BCUT2D eigenvalue weighted by atomic mass is 10.0. The Kier molecular flexibility index (Phi) is 10.6. The quantitative estimate of drug-likeness (QED) is 0.324. The van der Waals surface area contributed by atoms with Crippen molar-refractivity contribution in [1.82, 2.24) is 20.4 Å². The van der Waals surface area contributed by atoms with E-state index in [1.165, 1.54) is 6.92 Å². The van der Waals surface area contributed by atoms with Gasteiger partial charge in [0.05, 0.1) is 19.4 Å². The number of benzene rings is 2. The summed E-state index contributed by atoms with van der Waals surface area (Å²) in [7, 11) is 0. The Morgan fingerprint density at radius 2 is 1.45 bits per heavy atom. The van der Waals surface area contributed by atoms with Crippen LogP contribution < -0.4 is 29.6 Å². The van der Waals surface area contributed by atoms with E-state index in [4.69, 9.17) is 18.9 Å². The fraction of sp³-hybridized carbons (Fsp3) is 0.562. The molecule has 2 aromatic carbocycles. The smallest absolute Gasteiger partial charge is 0.256 e. The Morgan fingerprint density at radius 3 is 2.12 bits per heavy atom. The van der Waals surface area contributed by atoms with E-state index in [0.29, 0.717) is 19.1 Å². The average Bonchev–Trinajstić information content (AvgIpc) is 3.59. The van der Waals surface area contributed by atoms with E-state index in [9.17, 15) is 9.59 Å². The SMILES string of the molecule is CCN(CNC(=O)C(C)C)C(C)Cc1ccc2c(c1)OC(C(C)N(CNC(C)=O)C(C)Cc1ccc3c(c1)OCO3)O2. The number of hydrogen-bond acceptors (Lipinski definition) is 8. The maximum Gasteiger partial charge on any atom is 0.256 e. The maximum absolute atomic E-state index is 12.1. The molecule has 0 bridgehead atoms. The number of likely N-dealkylation sites (N-methyl/N-ethyl adjacent to an activating group) is 1. The van der Waals surface area contributed by atoms with Crippen molar-refractivity contribution in [2.75, 3.05) is 26.7 Å². The Bertz CT molecular complexity index is 1240. The minimum absolute atomic E-state index is 0.0379. The van der Waals surface area contributed by atoms with Gasteiger partial charge in [-0.05, 0) is 75.5 Å². The highest BCUT2D eigenvalue weighted by atomic mass is 16.7. The molecule has 0 aliphatic carbocycles. The van der Waals surface area contributed by atoms with E-state index < -0.39 is 6.29 Å². The minimum atomic E-state index is -0.529. The molecule has 2 N–H and O–H groups in total. The number of carbonyl (C=O) groups is 2. The highest BCUT2D eigenvalue weighted by Crippen LogP contribution is 2.38. The molecule has 2 aliphatic rings. The number of ether oxygens (including phenoxy) is 4. The summed E-state index contributed by atoms with van der Waals surface area (Å²) < 4.78 is 23.6. The predicted octanol–water partition coefficient (Wildman–Crippen LogP) is 3.91. The molecule has 0 fully saturated rings. The molecule has 4 atom stereocenters. The van der Waals surface area contributed by atoms with Gasteiger partial charge < -0.3 is 29.6 Å². The van der Waals surface area contributed by atoms with Gasteiger partial charge in [-0.1, -0.05) is 32.9 Å². The molecule has 0 saturated heterocycles. The summed E-state index contributed by atoms with van der Waals surface area (Å²) in [5.74, 6) is 2.87. The molecule has 0 saturated carbocycles. The van der Waals surface area contributed by atoms with Crippen LogP contribution >= 0.6 is 0 Å². The van der Waals surface area contributed by atoms with Crippen molar-refractivity contribution in [3.05, 3.63) is 47.5 Å². The van der Waals surface area contributed by atoms with Gasteiger partial charge in [0.15, 0.2) is 23.0 Å². The van der Waals surface area contributed by atoms with Gasteiger partial charge in [0.1, 0.15) is 0 Å². The second kappa shape index (κ2) is 14.1. The van der Waals surface area contributed by atoms with Crippen LogP contribution in [0.2, 0.25) is 0 Å².